The van der Waals surface area contributed by atoms with Gasteiger partial charge in [0.1, 0.15) is 12.7 Å². The predicted molar refractivity (Wildman–Crippen MR) is 61.3 cm³/mol. The Kier molecular flexibility index (Phi) is 5.65. The van der Waals surface area contributed by atoms with Crippen LogP contribution in [-0.2, 0) is 4.74 Å². The lowest BCUT2D eigenvalue weighted by molar-refractivity contribution is 0.0148. The molecule has 0 spiro atoms. The summed E-state index contributed by atoms with van der Waals surface area (Å²) in [5, 5.41) is 18.0. The van der Waals surface area contributed by atoms with Crippen LogP contribution in [0.3, 0.4) is 0 Å². The molecule has 106 valence electrons. The van der Waals surface area contributed by atoms with Crippen molar-refractivity contribution in [2.24, 2.45) is 0 Å². The van der Waals surface area contributed by atoms with Gasteiger partial charge in [-0.3, -0.25) is 0 Å². The van der Waals surface area contributed by atoms with Crippen molar-refractivity contribution >= 4 is 5.97 Å². The number of hydrogen-bond donors (Lipinski definition) is 2. The summed E-state index contributed by atoms with van der Waals surface area (Å²) >= 11 is 0. The molecule has 1 aromatic carbocycles. The summed E-state index contributed by atoms with van der Waals surface area (Å²) in [7, 11) is 0. The molecule has 0 saturated carbocycles. The van der Waals surface area contributed by atoms with Crippen LogP contribution in [0.1, 0.15) is 17.3 Å². The molecule has 19 heavy (non-hydrogen) atoms. The van der Waals surface area contributed by atoms with E-state index in [2.05, 4.69) is 0 Å². The summed E-state index contributed by atoms with van der Waals surface area (Å²) in [6.07, 6.45) is -1.03. The maximum absolute atomic E-state index is 13.4. The van der Waals surface area contributed by atoms with Crippen LogP contribution in [0.5, 0.6) is 5.75 Å². The molecule has 0 aromatic heterocycles. The number of benzene rings is 1. The van der Waals surface area contributed by atoms with Crippen molar-refractivity contribution in [3.63, 3.8) is 0 Å². The maximum atomic E-state index is 13.4. The highest BCUT2D eigenvalue weighted by Gasteiger charge is 2.17. The Morgan fingerprint density at radius 2 is 1.89 bits per heavy atom. The minimum Gasteiger partial charge on any atom is -0.485 e. The van der Waals surface area contributed by atoms with E-state index in [4.69, 9.17) is 14.6 Å². The number of aliphatic hydroxyl groups excluding tert-OH is 1. The highest BCUT2D eigenvalue weighted by molar-refractivity contribution is 5.87. The molecule has 0 heterocycles. The fourth-order valence-corrected chi connectivity index (χ4v) is 1.30. The smallest absolute Gasteiger partial charge is 0.335 e. The molecular formula is C12H14F2O5. The van der Waals surface area contributed by atoms with Gasteiger partial charge in [0, 0.05) is 6.61 Å². The number of rotatable bonds is 7. The zero-order valence-corrected chi connectivity index (χ0v) is 10.2. The van der Waals surface area contributed by atoms with E-state index in [1.807, 2.05) is 0 Å². The van der Waals surface area contributed by atoms with Crippen LogP contribution >= 0.6 is 0 Å². The first-order valence-electron chi connectivity index (χ1n) is 5.56. The molecule has 0 aliphatic heterocycles. The molecule has 1 aromatic rings. The van der Waals surface area contributed by atoms with Gasteiger partial charge in [0.15, 0.2) is 17.4 Å². The van der Waals surface area contributed by atoms with Crippen molar-refractivity contribution in [2.45, 2.75) is 13.0 Å². The molecule has 1 atom stereocenters. The van der Waals surface area contributed by atoms with Crippen LogP contribution in [-0.4, -0.2) is 42.1 Å². The molecule has 1 rings (SSSR count). The van der Waals surface area contributed by atoms with Crippen LogP contribution in [0.4, 0.5) is 8.78 Å². The van der Waals surface area contributed by atoms with Crippen molar-refractivity contribution in [1.29, 1.82) is 0 Å². The van der Waals surface area contributed by atoms with Crippen molar-refractivity contribution in [1.82, 2.24) is 0 Å². The van der Waals surface area contributed by atoms with E-state index in [9.17, 15) is 18.7 Å². The van der Waals surface area contributed by atoms with E-state index in [0.29, 0.717) is 18.7 Å². The van der Waals surface area contributed by atoms with Crippen molar-refractivity contribution < 1.29 is 33.3 Å². The Morgan fingerprint density at radius 1 is 1.32 bits per heavy atom. The quantitative estimate of drug-likeness (QED) is 0.788. The second-order valence-corrected chi connectivity index (χ2v) is 3.70. The normalized spacial score (nSPS) is 12.2. The highest BCUT2D eigenvalue weighted by atomic mass is 19.1. The molecule has 2 N–H and O–H groups in total. The van der Waals surface area contributed by atoms with E-state index < -0.39 is 35.0 Å². The number of carbonyl (C=O) groups is 1. The number of aromatic carboxylic acids is 1. The molecular weight excluding hydrogens is 262 g/mol. The molecule has 0 aliphatic carbocycles. The lowest BCUT2D eigenvalue weighted by Gasteiger charge is -2.13. The Balaban J connectivity index is 2.71. The zero-order valence-electron chi connectivity index (χ0n) is 10.2. The minimum absolute atomic E-state index is 0.0209. The third-order valence-electron chi connectivity index (χ3n) is 2.18. The SMILES string of the molecule is CCOCC(O)COc1c(F)cc(C(=O)O)cc1F. The third-order valence-corrected chi connectivity index (χ3v) is 2.18. The fraction of sp³-hybridized carbons (Fsp3) is 0.417. The van der Waals surface area contributed by atoms with Gasteiger partial charge < -0.3 is 19.7 Å². The maximum Gasteiger partial charge on any atom is 0.335 e. The summed E-state index contributed by atoms with van der Waals surface area (Å²) < 4.78 is 36.6. The van der Waals surface area contributed by atoms with Gasteiger partial charge in [-0.05, 0) is 19.1 Å². The fourth-order valence-electron chi connectivity index (χ4n) is 1.30. The number of carboxylic acid groups (broad SMARTS) is 1. The molecule has 0 aliphatic rings. The third kappa shape index (κ3) is 4.46. The summed E-state index contributed by atoms with van der Waals surface area (Å²) in [5.74, 6) is -4.44. The monoisotopic (exact) mass is 276 g/mol. The van der Waals surface area contributed by atoms with Gasteiger partial charge in [0.25, 0.3) is 0 Å². The molecule has 1 unspecified atom stereocenters. The van der Waals surface area contributed by atoms with Gasteiger partial charge in [0.2, 0.25) is 0 Å². The lowest BCUT2D eigenvalue weighted by Crippen LogP contribution is -2.24. The van der Waals surface area contributed by atoms with Crippen LogP contribution < -0.4 is 4.74 Å². The Labute approximate surface area is 108 Å². The number of aliphatic hydroxyl groups is 1. The molecule has 0 saturated heterocycles. The van der Waals surface area contributed by atoms with Crippen molar-refractivity contribution in [3.05, 3.63) is 29.3 Å². The van der Waals surface area contributed by atoms with E-state index in [1.165, 1.54) is 0 Å². The van der Waals surface area contributed by atoms with Gasteiger partial charge >= 0.3 is 5.97 Å². The first kappa shape index (κ1) is 15.3. The Morgan fingerprint density at radius 3 is 2.37 bits per heavy atom. The van der Waals surface area contributed by atoms with Gasteiger partial charge in [-0.15, -0.1) is 0 Å². The number of halogens is 2. The standard InChI is InChI=1S/C12H14F2O5/c1-2-18-5-8(15)6-19-11-9(13)3-7(12(16)17)4-10(11)14/h3-4,8,15H,2,5-6H2,1H3,(H,16,17). The second kappa shape index (κ2) is 7.01. The van der Waals surface area contributed by atoms with E-state index in [1.54, 1.807) is 6.92 Å². The summed E-state index contributed by atoms with van der Waals surface area (Å²) in [5.41, 5.74) is -0.516. The van der Waals surface area contributed by atoms with E-state index in [-0.39, 0.29) is 13.2 Å². The number of carboxylic acids is 1. The second-order valence-electron chi connectivity index (χ2n) is 3.70. The van der Waals surface area contributed by atoms with Crippen LogP contribution in [0.25, 0.3) is 0 Å². The summed E-state index contributed by atoms with van der Waals surface area (Å²) in [4.78, 5) is 10.6. The average Bonchev–Trinajstić information content (AvgIpc) is 2.34. The molecule has 7 heteroatoms. The highest BCUT2D eigenvalue weighted by Crippen LogP contribution is 2.23. The molecule has 0 bridgehead atoms. The summed E-state index contributed by atoms with van der Waals surface area (Å²) in [6.45, 7) is 1.75. The lowest BCUT2D eigenvalue weighted by atomic mass is 10.2. The predicted octanol–water partition coefficient (Wildman–Crippen LogP) is 1.44. The van der Waals surface area contributed by atoms with Gasteiger partial charge in [0.05, 0.1) is 12.2 Å². The number of ether oxygens (including phenoxy) is 2. The zero-order chi connectivity index (χ0) is 14.4. The van der Waals surface area contributed by atoms with Crippen LogP contribution in [0.2, 0.25) is 0 Å². The molecule has 0 amide bonds. The average molecular weight is 276 g/mol. The van der Waals surface area contributed by atoms with Gasteiger partial charge in [-0.25, -0.2) is 13.6 Å². The van der Waals surface area contributed by atoms with Crippen LogP contribution in [0, 0.1) is 11.6 Å². The summed E-state index contributed by atoms with van der Waals surface area (Å²) in [6, 6.07) is 1.30. The first-order chi connectivity index (χ1) is 8.95. The number of hydrogen-bond acceptors (Lipinski definition) is 4. The Hall–Kier alpha value is -1.73. The first-order valence-corrected chi connectivity index (χ1v) is 5.56. The molecule has 0 fully saturated rings. The topological polar surface area (TPSA) is 76.0 Å². The molecule has 0 radical (unpaired) electrons. The van der Waals surface area contributed by atoms with Crippen LogP contribution in [0.15, 0.2) is 12.1 Å². The minimum atomic E-state index is -1.44. The largest absolute Gasteiger partial charge is 0.485 e. The van der Waals surface area contributed by atoms with E-state index >= 15 is 0 Å². The van der Waals surface area contributed by atoms with Crippen molar-refractivity contribution in [2.75, 3.05) is 19.8 Å². The van der Waals surface area contributed by atoms with Gasteiger partial charge in [-0.2, -0.15) is 0 Å². The Bertz CT molecular complexity index is 427. The molecule has 5 nitrogen and oxygen atoms in total. The van der Waals surface area contributed by atoms with Gasteiger partial charge in [-0.1, -0.05) is 0 Å². The van der Waals surface area contributed by atoms with E-state index in [0.717, 1.165) is 0 Å². The van der Waals surface area contributed by atoms with Crippen molar-refractivity contribution in [3.8, 4) is 5.75 Å².